The number of halogens is 1. The van der Waals surface area contributed by atoms with Crippen LogP contribution in [0, 0.1) is 11.8 Å². The maximum absolute atomic E-state index is 6.32. The van der Waals surface area contributed by atoms with Crippen molar-refractivity contribution in [2.75, 3.05) is 0 Å². The number of aromatic nitrogens is 4. The maximum Gasteiger partial charge on any atom is 0.165 e. The highest BCUT2D eigenvalue weighted by Gasteiger charge is 2.76. The number of imidazole rings is 1. The first-order valence-corrected chi connectivity index (χ1v) is 8.55. The molecule has 0 spiro atoms. The van der Waals surface area contributed by atoms with E-state index in [1.165, 1.54) is 6.33 Å². The van der Waals surface area contributed by atoms with Crippen LogP contribution < -0.4 is 0 Å². The number of hydrogen-bond donors (Lipinski definition) is 0. The standard InChI is InChI=1S/C16H19ClN4O2/c1-4-8-9-5-16(9,12-11(8)22-15(2,3)23-12)21-7-20-10-13(17)18-6-19-14(10)21/h6-9,11-12H,4-5H2,1-3H3/t8-,9-,11+,12?,16?/m0/s1. The molecule has 0 aromatic carbocycles. The zero-order chi connectivity index (χ0) is 16.0. The Bertz CT molecular complexity index is 806. The minimum Gasteiger partial charge on any atom is -0.344 e. The highest BCUT2D eigenvalue weighted by Crippen LogP contribution is 2.69. The van der Waals surface area contributed by atoms with Crippen molar-refractivity contribution in [3.8, 4) is 0 Å². The molecule has 3 heterocycles. The van der Waals surface area contributed by atoms with Crippen molar-refractivity contribution in [1.29, 1.82) is 0 Å². The van der Waals surface area contributed by atoms with Gasteiger partial charge in [0.05, 0.1) is 18.0 Å². The van der Waals surface area contributed by atoms with E-state index in [1.807, 2.05) is 20.2 Å². The molecule has 7 heteroatoms. The Morgan fingerprint density at radius 3 is 2.91 bits per heavy atom. The second kappa shape index (κ2) is 4.23. The van der Waals surface area contributed by atoms with E-state index in [1.54, 1.807) is 0 Å². The van der Waals surface area contributed by atoms with Crippen molar-refractivity contribution in [3.05, 3.63) is 17.8 Å². The van der Waals surface area contributed by atoms with Gasteiger partial charge in [-0.05, 0) is 32.1 Å². The number of ether oxygens (including phenoxy) is 2. The van der Waals surface area contributed by atoms with Crippen LogP contribution in [0.15, 0.2) is 12.7 Å². The molecule has 0 bridgehead atoms. The Labute approximate surface area is 139 Å². The van der Waals surface area contributed by atoms with E-state index in [0.29, 0.717) is 22.5 Å². The third-order valence-electron chi connectivity index (χ3n) is 5.80. The van der Waals surface area contributed by atoms with Gasteiger partial charge in [-0.3, -0.25) is 0 Å². The number of rotatable bonds is 2. The average Bonchev–Trinajstić information content (AvgIpc) is 2.82. The maximum atomic E-state index is 6.32. The van der Waals surface area contributed by atoms with E-state index >= 15 is 0 Å². The monoisotopic (exact) mass is 334 g/mol. The first-order valence-electron chi connectivity index (χ1n) is 8.17. The summed E-state index contributed by atoms with van der Waals surface area (Å²) >= 11 is 6.17. The number of hydrogen-bond acceptors (Lipinski definition) is 5. The van der Waals surface area contributed by atoms with E-state index < -0.39 is 5.79 Å². The van der Waals surface area contributed by atoms with Gasteiger partial charge in [0.2, 0.25) is 0 Å². The SMILES string of the molecule is CC[C@@H]1[C@H]2OC(C)(C)OC2C2(n3cnc4c(Cl)ncnc43)C[C@@H]12. The molecular formula is C16H19ClN4O2. The van der Waals surface area contributed by atoms with E-state index in [-0.39, 0.29) is 17.7 Å². The van der Waals surface area contributed by atoms with Crippen molar-refractivity contribution in [3.63, 3.8) is 0 Å². The Balaban J connectivity index is 1.66. The predicted octanol–water partition coefficient (Wildman–Crippen LogP) is 2.75. The van der Waals surface area contributed by atoms with Crippen molar-refractivity contribution in [2.45, 2.75) is 57.1 Å². The summed E-state index contributed by atoms with van der Waals surface area (Å²) in [5.41, 5.74) is 1.34. The Morgan fingerprint density at radius 1 is 1.30 bits per heavy atom. The molecule has 5 atom stereocenters. The molecule has 2 aromatic rings. The molecule has 2 aliphatic carbocycles. The van der Waals surface area contributed by atoms with Crippen LogP contribution in [0.1, 0.15) is 33.6 Å². The summed E-state index contributed by atoms with van der Waals surface area (Å²) in [6.45, 7) is 6.22. The zero-order valence-electron chi connectivity index (χ0n) is 13.4. The lowest BCUT2D eigenvalue weighted by molar-refractivity contribution is -0.161. The molecule has 5 rings (SSSR count). The van der Waals surface area contributed by atoms with E-state index in [0.717, 1.165) is 18.5 Å². The second-order valence-electron chi connectivity index (χ2n) is 7.35. The summed E-state index contributed by atoms with van der Waals surface area (Å²) in [5, 5.41) is 0.396. The molecule has 0 N–H and O–H groups in total. The van der Waals surface area contributed by atoms with Crippen molar-refractivity contribution in [2.24, 2.45) is 11.8 Å². The molecule has 3 fully saturated rings. The minimum absolute atomic E-state index is 0.0404. The quantitative estimate of drug-likeness (QED) is 0.790. The van der Waals surface area contributed by atoms with Crippen molar-refractivity contribution in [1.82, 2.24) is 19.5 Å². The number of fused-ring (bicyclic) bond motifs is 4. The number of nitrogens with zero attached hydrogens (tertiary/aromatic N) is 4. The molecule has 6 nitrogen and oxygen atoms in total. The second-order valence-corrected chi connectivity index (χ2v) is 7.70. The van der Waals surface area contributed by atoms with Crippen LogP contribution in [-0.4, -0.2) is 37.5 Å². The van der Waals surface area contributed by atoms with Gasteiger partial charge < -0.3 is 14.0 Å². The van der Waals surface area contributed by atoms with Crippen LogP contribution in [-0.2, 0) is 15.0 Å². The van der Waals surface area contributed by atoms with Gasteiger partial charge >= 0.3 is 0 Å². The van der Waals surface area contributed by atoms with Gasteiger partial charge in [0.25, 0.3) is 0 Å². The van der Waals surface area contributed by atoms with Gasteiger partial charge in [0, 0.05) is 0 Å². The Morgan fingerprint density at radius 2 is 2.13 bits per heavy atom. The van der Waals surface area contributed by atoms with Crippen LogP contribution in [0.3, 0.4) is 0 Å². The van der Waals surface area contributed by atoms with Crippen molar-refractivity contribution >= 4 is 22.8 Å². The Kier molecular flexibility index (Phi) is 2.60. The average molecular weight is 335 g/mol. The highest BCUT2D eigenvalue weighted by molar-refractivity contribution is 6.33. The normalized spacial score (nSPS) is 40.3. The molecule has 1 saturated heterocycles. The molecule has 0 amide bonds. The van der Waals surface area contributed by atoms with Gasteiger partial charge in [-0.1, -0.05) is 24.9 Å². The van der Waals surface area contributed by atoms with Crippen LogP contribution in [0.2, 0.25) is 5.15 Å². The highest BCUT2D eigenvalue weighted by atomic mass is 35.5. The third-order valence-corrected chi connectivity index (χ3v) is 6.07. The van der Waals surface area contributed by atoms with E-state index in [2.05, 4.69) is 26.4 Å². The summed E-state index contributed by atoms with van der Waals surface area (Å²) in [7, 11) is 0. The van der Waals surface area contributed by atoms with E-state index in [9.17, 15) is 0 Å². The van der Waals surface area contributed by atoms with E-state index in [4.69, 9.17) is 21.1 Å². The van der Waals surface area contributed by atoms with Crippen molar-refractivity contribution < 1.29 is 9.47 Å². The first-order chi connectivity index (χ1) is 11.0. The lowest BCUT2D eigenvalue weighted by atomic mass is 9.97. The fraction of sp³-hybridized carbons (Fsp3) is 0.688. The van der Waals surface area contributed by atoms with Gasteiger partial charge in [0.15, 0.2) is 16.6 Å². The Hall–Kier alpha value is -1.24. The topological polar surface area (TPSA) is 62.1 Å². The largest absolute Gasteiger partial charge is 0.344 e. The zero-order valence-corrected chi connectivity index (χ0v) is 14.1. The summed E-state index contributed by atoms with van der Waals surface area (Å²) in [6, 6.07) is 0. The molecule has 122 valence electrons. The van der Waals surface area contributed by atoms with Gasteiger partial charge in [-0.2, -0.15) is 0 Å². The molecule has 2 aromatic heterocycles. The van der Waals surface area contributed by atoms with Crippen LogP contribution in [0.5, 0.6) is 0 Å². The van der Waals surface area contributed by atoms with Crippen LogP contribution in [0.4, 0.5) is 0 Å². The molecule has 1 aliphatic heterocycles. The van der Waals surface area contributed by atoms with Gasteiger partial charge in [-0.25, -0.2) is 15.0 Å². The first kappa shape index (κ1) is 14.1. The molecule has 3 aliphatic rings. The fourth-order valence-electron chi connectivity index (χ4n) is 4.90. The lowest BCUT2D eigenvalue weighted by Crippen LogP contribution is -2.36. The molecular weight excluding hydrogens is 316 g/mol. The van der Waals surface area contributed by atoms with Gasteiger partial charge in [0.1, 0.15) is 17.9 Å². The van der Waals surface area contributed by atoms with Gasteiger partial charge in [-0.15, -0.1) is 0 Å². The fourth-order valence-corrected chi connectivity index (χ4v) is 5.08. The molecule has 2 saturated carbocycles. The summed E-state index contributed by atoms with van der Waals surface area (Å²) in [4.78, 5) is 12.9. The molecule has 23 heavy (non-hydrogen) atoms. The summed E-state index contributed by atoms with van der Waals surface area (Å²) in [6.07, 6.45) is 5.70. The van der Waals surface area contributed by atoms with Crippen LogP contribution in [0.25, 0.3) is 11.2 Å². The van der Waals surface area contributed by atoms with Crippen LogP contribution >= 0.6 is 11.6 Å². The summed E-state index contributed by atoms with van der Waals surface area (Å²) < 4.78 is 14.7. The lowest BCUT2D eigenvalue weighted by Gasteiger charge is -2.25. The molecule has 0 radical (unpaired) electrons. The third kappa shape index (κ3) is 1.64. The molecule has 2 unspecified atom stereocenters. The smallest absolute Gasteiger partial charge is 0.165 e. The minimum atomic E-state index is -0.535. The summed E-state index contributed by atoms with van der Waals surface area (Å²) in [5.74, 6) is 0.521. The predicted molar refractivity (Wildman–Crippen MR) is 84.0 cm³/mol.